The second-order valence-electron chi connectivity index (χ2n) is 5.74. The number of hydrogen-bond donors (Lipinski definition) is 3. The number of amides is 2. The third kappa shape index (κ3) is 6.09. The molecule has 0 bridgehead atoms. The molecular weight excluding hydrogens is 364 g/mol. The third-order valence-electron chi connectivity index (χ3n) is 3.68. The maximum Gasteiger partial charge on any atom is 0.275 e. The number of carbonyl (C=O) groups is 2. The number of nitrogens with one attached hydrogen (secondary N) is 2. The van der Waals surface area contributed by atoms with Crippen molar-refractivity contribution in [2.24, 2.45) is 0 Å². The maximum absolute atomic E-state index is 13.1. The van der Waals surface area contributed by atoms with Gasteiger partial charge < -0.3 is 16.0 Å². The van der Waals surface area contributed by atoms with E-state index in [1.165, 1.54) is 6.07 Å². The molecule has 0 aliphatic heterocycles. The minimum absolute atomic E-state index is 0.0236. The van der Waals surface area contributed by atoms with Crippen LogP contribution in [0.4, 0.5) is 14.5 Å². The number of halogens is 3. The van der Waals surface area contributed by atoms with E-state index < -0.39 is 17.5 Å². The molecule has 0 saturated heterocycles. The highest BCUT2D eigenvalue weighted by atomic mass is 35.5. The standard InChI is InChI=1S/C18H18ClF2N3O2/c1-11(12-3-2-4-13(19)7-12)22-9-17(25)23-10-18(26)24-14-5-6-15(20)16(21)8-14/h2-8,11,22H,9-10H2,1H3,(H,23,25)(H,24,26)/p+1/t11-/m0/s1. The number of nitrogens with two attached hydrogens (primary N) is 1. The number of hydrogen-bond acceptors (Lipinski definition) is 2. The molecule has 0 radical (unpaired) electrons. The summed E-state index contributed by atoms with van der Waals surface area (Å²) in [5, 5.41) is 7.29. The minimum atomic E-state index is -1.06. The van der Waals surface area contributed by atoms with Crippen molar-refractivity contribution in [2.45, 2.75) is 13.0 Å². The van der Waals surface area contributed by atoms with Crippen LogP contribution >= 0.6 is 11.6 Å². The normalized spacial score (nSPS) is 11.7. The second-order valence-corrected chi connectivity index (χ2v) is 6.17. The van der Waals surface area contributed by atoms with Crippen LogP contribution in [0.1, 0.15) is 18.5 Å². The SMILES string of the molecule is C[C@H]([NH2+]CC(=O)NCC(=O)Nc1ccc(F)c(F)c1)c1cccc(Cl)c1. The van der Waals surface area contributed by atoms with E-state index in [0.717, 1.165) is 17.7 Å². The highest BCUT2D eigenvalue weighted by Gasteiger charge is 2.13. The number of carbonyl (C=O) groups excluding carboxylic acids is 2. The van der Waals surface area contributed by atoms with Gasteiger partial charge in [0.05, 0.1) is 6.54 Å². The molecule has 2 aromatic carbocycles. The highest BCUT2D eigenvalue weighted by molar-refractivity contribution is 6.30. The molecule has 0 unspecified atom stereocenters. The zero-order valence-electron chi connectivity index (χ0n) is 14.1. The van der Waals surface area contributed by atoms with E-state index in [9.17, 15) is 18.4 Å². The predicted molar refractivity (Wildman–Crippen MR) is 94.7 cm³/mol. The lowest BCUT2D eigenvalue weighted by molar-refractivity contribution is -0.682. The summed E-state index contributed by atoms with van der Waals surface area (Å²) < 4.78 is 25.9. The Kier molecular flexibility index (Phi) is 7.06. The van der Waals surface area contributed by atoms with Crippen molar-refractivity contribution in [3.05, 3.63) is 64.7 Å². The van der Waals surface area contributed by atoms with Crippen molar-refractivity contribution in [3.63, 3.8) is 0 Å². The summed E-state index contributed by atoms with van der Waals surface area (Å²) in [5.41, 5.74) is 1.10. The van der Waals surface area contributed by atoms with Crippen LogP contribution in [-0.2, 0) is 9.59 Å². The molecule has 138 valence electrons. The third-order valence-corrected chi connectivity index (χ3v) is 3.92. The fourth-order valence-corrected chi connectivity index (χ4v) is 2.44. The van der Waals surface area contributed by atoms with E-state index in [-0.39, 0.29) is 30.7 Å². The molecule has 0 aliphatic carbocycles. The molecule has 8 heteroatoms. The summed E-state index contributed by atoms with van der Waals surface area (Å²) in [6.45, 7) is 1.80. The van der Waals surface area contributed by atoms with Crippen LogP contribution in [0, 0.1) is 11.6 Å². The lowest BCUT2D eigenvalue weighted by atomic mass is 10.1. The summed E-state index contributed by atoms with van der Waals surface area (Å²) in [7, 11) is 0. The summed E-state index contributed by atoms with van der Waals surface area (Å²) in [6, 6.07) is 10.4. The summed E-state index contributed by atoms with van der Waals surface area (Å²) in [6.07, 6.45) is 0. The first-order valence-corrected chi connectivity index (χ1v) is 8.33. The van der Waals surface area contributed by atoms with Gasteiger partial charge in [-0.1, -0.05) is 23.7 Å². The van der Waals surface area contributed by atoms with Crippen LogP contribution in [0.5, 0.6) is 0 Å². The highest BCUT2D eigenvalue weighted by Crippen LogP contribution is 2.14. The molecule has 0 spiro atoms. The average Bonchev–Trinajstić information content (AvgIpc) is 2.61. The largest absolute Gasteiger partial charge is 0.342 e. The number of quaternary nitrogens is 1. The molecule has 0 fully saturated rings. The van der Waals surface area contributed by atoms with Crippen LogP contribution in [0.3, 0.4) is 0 Å². The number of anilines is 1. The number of rotatable bonds is 7. The van der Waals surface area contributed by atoms with E-state index >= 15 is 0 Å². The minimum Gasteiger partial charge on any atom is -0.342 e. The molecule has 5 nitrogen and oxygen atoms in total. The van der Waals surface area contributed by atoms with E-state index in [1.54, 1.807) is 6.07 Å². The van der Waals surface area contributed by atoms with Crippen LogP contribution in [0.25, 0.3) is 0 Å². The van der Waals surface area contributed by atoms with Crippen molar-refractivity contribution in [2.75, 3.05) is 18.4 Å². The zero-order valence-corrected chi connectivity index (χ0v) is 14.8. The van der Waals surface area contributed by atoms with Gasteiger partial charge in [-0.25, -0.2) is 8.78 Å². The molecule has 0 aromatic heterocycles. The lowest BCUT2D eigenvalue weighted by Crippen LogP contribution is -2.87. The van der Waals surface area contributed by atoms with Gasteiger partial charge in [0.25, 0.3) is 5.91 Å². The van der Waals surface area contributed by atoms with Gasteiger partial charge in [-0.3, -0.25) is 9.59 Å². The molecule has 1 atom stereocenters. The van der Waals surface area contributed by atoms with E-state index in [4.69, 9.17) is 11.6 Å². The molecule has 2 amide bonds. The van der Waals surface area contributed by atoms with Crippen molar-refractivity contribution in [3.8, 4) is 0 Å². The van der Waals surface area contributed by atoms with Crippen molar-refractivity contribution < 1.29 is 23.7 Å². The molecule has 2 rings (SSSR count). The van der Waals surface area contributed by atoms with Gasteiger partial charge in [0.15, 0.2) is 18.2 Å². The van der Waals surface area contributed by atoms with Crippen LogP contribution in [0.2, 0.25) is 5.02 Å². The fourth-order valence-electron chi connectivity index (χ4n) is 2.24. The van der Waals surface area contributed by atoms with Gasteiger partial charge in [-0.2, -0.15) is 0 Å². The average molecular weight is 383 g/mol. The van der Waals surface area contributed by atoms with Gasteiger partial charge >= 0.3 is 0 Å². The Balaban J connectivity index is 1.74. The molecule has 0 heterocycles. The molecular formula is C18H19ClF2N3O2+. The Labute approximate surface area is 154 Å². The predicted octanol–water partition coefficient (Wildman–Crippen LogP) is 2.00. The molecule has 2 aromatic rings. The van der Waals surface area contributed by atoms with E-state index in [1.807, 2.05) is 30.4 Å². The van der Waals surface area contributed by atoms with Gasteiger partial charge in [0.2, 0.25) is 5.91 Å². The van der Waals surface area contributed by atoms with Crippen molar-refractivity contribution in [1.29, 1.82) is 0 Å². The van der Waals surface area contributed by atoms with Gasteiger partial charge in [0, 0.05) is 22.3 Å². The van der Waals surface area contributed by atoms with Crippen molar-refractivity contribution in [1.82, 2.24) is 5.32 Å². The van der Waals surface area contributed by atoms with Gasteiger partial charge in [0.1, 0.15) is 6.04 Å². The molecule has 0 aliphatic rings. The topological polar surface area (TPSA) is 74.8 Å². The van der Waals surface area contributed by atoms with E-state index in [0.29, 0.717) is 5.02 Å². The van der Waals surface area contributed by atoms with Gasteiger partial charge in [-0.15, -0.1) is 0 Å². The molecule has 4 N–H and O–H groups in total. The zero-order chi connectivity index (χ0) is 19.1. The Bertz CT molecular complexity index is 802. The summed E-state index contributed by atoms with van der Waals surface area (Å²) in [5.74, 6) is -2.91. The Hall–Kier alpha value is -2.51. The monoisotopic (exact) mass is 382 g/mol. The Morgan fingerprint density at radius 3 is 2.58 bits per heavy atom. The van der Waals surface area contributed by atoms with Crippen LogP contribution in [0.15, 0.2) is 42.5 Å². The fraction of sp³-hybridized carbons (Fsp3) is 0.222. The summed E-state index contributed by atoms with van der Waals surface area (Å²) in [4.78, 5) is 23.6. The first-order valence-electron chi connectivity index (χ1n) is 7.95. The Morgan fingerprint density at radius 1 is 1.12 bits per heavy atom. The van der Waals surface area contributed by atoms with Crippen LogP contribution in [-0.4, -0.2) is 24.9 Å². The first kappa shape index (κ1) is 19.8. The lowest BCUT2D eigenvalue weighted by Gasteiger charge is -2.11. The van der Waals surface area contributed by atoms with Crippen molar-refractivity contribution >= 4 is 29.1 Å². The quantitative estimate of drug-likeness (QED) is 0.685. The van der Waals surface area contributed by atoms with Gasteiger partial charge in [-0.05, 0) is 31.2 Å². The molecule has 0 saturated carbocycles. The first-order chi connectivity index (χ1) is 12.3. The maximum atomic E-state index is 13.1. The van der Waals surface area contributed by atoms with E-state index in [2.05, 4.69) is 10.6 Å². The number of benzene rings is 2. The smallest absolute Gasteiger partial charge is 0.275 e. The second kappa shape index (κ2) is 9.26. The molecule has 26 heavy (non-hydrogen) atoms. The Morgan fingerprint density at radius 2 is 1.88 bits per heavy atom. The van der Waals surface area contributed by atoms with Crippen LogP contribution < -0.4 is 16.0 Å². The summed E-state index contributed by atoms with van der Waals surface area (Å²) >= 11 is 5.94.